The van der Waals surface area contributed by atoms with E-state index in [1.807, 2.05) is 14.0 Å². The van der Waals surface area contributed by atoms with E-state index in [2.05, 4.69) is 46.4 Å². The highest BCUT2D eigenvalue weighted by atomic mass is 127. The normalized spacial score (nSPS) is 22.5. The van der Waals surface area contributed by atoms with Gasteiger partial charge in [-0.1, -0.05) is 24.3 Å². The molecule has 7 heteroatoms. The summed E-state index contributed by atoms with van der Waals surface area (Å²) in [4.78, 5) is 20.2. The minimum Gasteiger partial charge on any atom is -0.450 e. The third kappa shape index (κ3) is 4.81. The van der Waals surface area contributed by atoms with Crippen molar-refractivity contribution in [1.82, 2.24) is 15.1 Å². The summed E-state index contributed by atoms with van der Waals surface area (Å²) in [6.07, 6.45) is 0.930. The number of carbonyl (C=O) groups is 1. The number of aryl methyl sites for hydroxylation is 1. The van der Waals surface area contributed by atoms with Crippen molar-refractivity contribution < 1.29 is 9.53 Å². The second-order valence-corrected chi connectivity index (χ2v) is 6.67. The van der Waals surface area contributed by atoms with Gasteiger partial charge in [-0.2, -0.15) is 0 Å². The molecule has 2 unspecified atom stereocenters. The summed E-state index contributed by atoms with van der Waals surface area (Å²) in [5, 5.41) is 3.60. The predicted molar refractivity (Wildman–Crippen MR) is 114 cm³/mol. The molecule has 0 aromatic heterocycles. The fourth-order valence-corrected chi connectivity index (χ4v) is 3.48. The molecule has 0 spiro atoms. The Bertz CT molecular complexity index is 644. The van der Waals surface area contributed by atoms with Crippen LogP contribution in [0.5, 0.6) is 0 Å². The number of benzene rings is 1. The average Bonchev–Trinajstić information content (AvgIpc) is 3.39. The Morgan fingerprint density at radius 1 is 1.23 bits per heavy atom. The molecule has 3 rings (SSSR count). The first-order chi connectivity index (χ1) is 12.1. The molecule has 1 amide bonds. The maximum absolute atomic E-state index is 11.8. The first kappa shape index (κ1) is 20.8. The molecule has 1 aromatic carbocycles. The minimum absolute atomic E-state index is 0. The summed E-state index contributed by atoms with van der Waals surface area (Å²) in [5.41, 5.74) is 2.79. The van der Waals surface area contributed by atoms with Gasteiger partial charge in [0, 0.05) is 45.2 Å². The molecule has 2 fully saturated rings. The summed E-state index contributed by atoms with van der Waals surface area (Å²) < 4.78 is 5.07. The molecule has 1 aliphatic carbocycles. The van der Waals surface area contributed by atoms with Gasteiger partial charge in [-0.05, 0) is 31.4 Å². The average molecular weight is 472 g/mol. The number of amides is 1. The summed E-state index contributed by atoms with van der Waals surface area (Å²) >= 11 is 0. The molecule has 1 N–H and O–H groups in total. The van der Waals surface area contributed by atoms with Gasteiger partial charge >= 0.3 is 6.09 Å². The maximum atomic E-state index is 11.8. The van der Waals surface area contributed by atoms with Gasteiger partial charge in [0.1, 0.15) is 0 Å². The van der Waals surface area contributed by atoms with Crippen LogP contribution in [0.3, 0.4) is 0 Å². The highest BCUT2D eigenvalue weighted by Gasteiger charge is 2.40. The van der Waals surface area contributed by atoms with Gasteiger partial charge in [-0.15, -0.1) is 24.0 Å². The van der Waals surface area contributed by atoms with Crippen molar-refractivity contribution in [2.24, 2.45) is 4.99 Å². The molecule has 0 bridgehead atoms. The van der Waals surface area contributed by atoms with Crippen molar-refractivity contribution in [2.75, 3.05) is 39.8 Å². The number of hydrogen-bond acceptors (Lipinski definition) is 3. The Balaban J connectivity index is 0.00000243. The van der Waals surface area contributed by atoms with Crippen molar-refractivity contribution in [3.05, 3.63) is 35.4 Å². The molecule has 2 aliphatic rings. The first-order valence-corrected chi connectivity index (χ1v) is 9.09. The van der Waals surface area contributed by atoms with Crippen LogP contribution in [0.1, 0.15) is 30.4 Å². The van der Waals surface area contributed by atoms with E-state index in [0.29, 0.717) is 31.7 Å². The largest absolute Gasteiger partial charge is 0.450 e. The molecule has 1 aliphatic heterocycles. The third-order valence-electron chi connectivity index (χ3n) is 5.01. The van der Waals surface area contributed by atoms with Crippen molar-refractivity contribution in [3.8, 4) is 0 Å². The lowest BCUT2D eigenvalue weighted by Gasteiger charge is -2.36. The van der Waals surface area contributed by atoms with Gasteiger partial charge in [0.25, 0.3) is 0 Å². The quantitative estimate of drug-likeness (QED) is 0.418. The number of nitrogens with one attached hydrogen (secondary N) is 1. The van der Waals surface area contributed by atoms with Crippen LogP contribution in [0, 0.1) is 6.92 Å². The van der Waals surface area contributed by atoms with Crippen LogP contribution in [0.2, 0.25) is 0 Å². The molecule has 1 saturated carbocycles. The molecule has 6 nitrogen and oxygen atoms in total. The standard InChI is InChI=1S/C19H28N4O2.HI/c1-4-25-19(24)23-11-9-22(10-12-23)18(20-3)21-17-13-16(17)15-8-6-5-7-14(15)2;/h5-8,16-17H,4,9-13H2,1-3H3,(H,20,21);1H. The van der Waals surface area contributed by atoms with Crippen LogP contribution in [0.4, 0.5) is 4.79 Å². The first-order valence-electron chi connectivity index (χ1n) is 9.09. The number of halogens is 1. The highest BCUT2D eigenvalue weighted by Crippen LogP contribution is 2.42. The van der Waals surface area contributed by atoms with Crippen molar-refractivity contribution in [1.29, 1.82) is 0 Å². The number of rotatable bonds is 3. The van der Waals surface area contributed by atoms with Crippen molar-refractivity contribution >= 4 is 36.0 Å². The lowest BCUT2D eigenvalue weighted by atomic mass is 10.0. The topological polar surface area (TPSA) is 57.2 Å². The van der Waals surface area contributed by atoms with E-state index in [-0.39, 0.29) is 30.1 Å². The molecule has 1 heterocycles. The van der Waals surface area contributed by atoms with E-state index in [1.54, 1.807) is 4.90 Å². The molecule has 144 valence electrons. The zero-order valence-electron chi connectivity index (χ0n) is 15.8. The monoisotopic (exact) mass is 472 g/mol. The molecule has 26 heavy (non-hydrogen) atoms. The van der Waals surface area contributed by atoms with E-state index < -0.39 is 0 Å². The predicted octanol–water partition coefficient (Wildman–Crippen LogP) is 2.82. The number of nitrogens with zero attached hydrogens (tertiary/aromatic N) is 3. The van der Waals surface area contributed by atoms with Crippen LogP contribution in [0.25, 0.3) is 0 Å². The second kappa shape index (κ2) is 9.43. The highest BCUT2D eigenvalue weighted by molar-refractivity contribution is 14.0. The Hall–Kier alpha value is -1.51. The number of piperazine rings is 1. The van der Waals surface area contributed by atoms with E-state index in [9.17, 15) is 4.79 Å². The summed E-state index contributed by atoms with van der Waals surface area (Å²) in [6.45, 7) is 7.33. The number of guanidine groups is 1. The fourth-order valence-electron chi connectivity index (χ4n) is 3.48. The summed E-state index contributed by atoms with van der Waals surface area (Å²) in [5.74, 6) is 1.50. The van der Waals surface area contributed by atoms with Crippen molar-refractivity contribution in [2.45, 2.75) is 32.2 Å². The van der Waals surface area contributed by atoms with Gasteiger partial charge in [0.2, 0.25) is 0 Å². The van der Waals surface area contributed by atoms with Crippen LogP contribution in [-0.4, -0.2) is 67.7 Å². The van der Waals surface area contributed by atoms with E-state index in [1.165, 1.54) is 11.1 Å². The summed E-state index contributed by atoms with van der Waals surface area (Å²) in [7, 11) is 1.82. The number of aliphatic imine (C=N–C) groups is 1. The van der Waals surface area contributed by atoms with Gasteiger partial charge < -0.3 is 19.9 Å². The van der Waals surface area contributed by atoms with E-state index in [0.717, 1.165) is 25.5 Å². The summed E-state index contributed by atoms with van der Waals surface area (Å²) in [6, 6.07) is 9.05. The van der Waals surface area contributed by atoms with Crippen LogP contribution in [-0.2, 0) is 4.74 Å². The van der Waals surface area contributed by atoms with Crippen molar-refractivity contribution in [3.63, 3.8) is 0 Å². The number of ether oxygens (including phenoxy) is 1. The molecular formula is C19H29IN4O2. The van der Waals surface area contributed by atoms with Gasteiger partial charge in [0.05, 0.1) is 6.61 Å². The molecule has 2 atom stereocenters. The smallest absolute Gasteiger partial charge is 0.409 e. The number of carbonyl (C=O) groups excluding carboxylic acids is 1. The van der Waals surface area contributed by atoms with Crippen LogP contribution >= 0.6 is 24.0 Å². The van der Waals surface area contributed by atoms with E-state index >= 15 is 0 Å². The Morgan fingerprint density at radius 3 is 2.50 bits per heavy atom. The zero-order chi connectivity index (χ0) is 17.8. The zero-order valence-corrected chi connectivity index (χ0v) is 18.1. The van der Waals surface area contributed by atoms with Gasteiger partial charge in [-0.3, -0.25) is 4.99 Å². The fraction of sp³-hybridized carbons (Fsp3) is 0.579. The van der Waals surface area contributed by atoms with Crippen LogP contribution < -0.4 is 5.32 Å². The third-order valence-corrected chi connectivity index (χ3v) is 5.01. The minimum atomic E-state index is -0.216. The molecule has 0 radical (unpaired) electrons. The molecule has 1 saturated heterocycles. The number of hydrogen-bond donors (Lipinski definition) is 1. The molecular weight excluding hydrogens is 443 g/mol. The Morgan fingerprint density at radius 2 is 1.88 bits per heavy atom. The van der Waals surface area contributed by atoms with E-state index in [4.69, 9.17) is 4.74 Å². The molecule has 1 aromatic rings. The lowest BCUT2D eigenvalue weighted by Crippen LogP contribution is -2.54. The SMILES string of the molecule is CCOC(=O)N1CCN(C(=NC)NC2CC2c2ccccc2C)CC1.I. The van der Waals surface area contributed by atoms with Crippen LogP contribution in [0.15, 0.2) is 29.3 Å². The lowest BCUT2D eigenvalue weighted by molar-refractivity contribution is 0.0914. The van der Waals surface area contributed by atoms with Gasteiger partial charge in [-0.25, -0.2) is 4.79 Å². The maximum Gasteiger partial charge on any atom is 0.409 e. The Labute approximate surface area is 173 Å². The Kier molecular flexibility index (Phi) is 7.55. The second-order valence-electron chi connectivity index (χ2n) is 6.67. The van der Waals surface area contributed by atoms with Gasteiger partial charge in [0.15, 0.2) is 5.96 Å².